The first kappa shape index (κ1) is 15.9. The molecular formula is C13H28N2O2S. The number of nitrogens with zero attached hydrogens (tertiary/aromatic N) is 1. The normalized spacial score (nSPS) is 20.6. The molecule has 0 saturated carbocycles. The van der Waals surface area contributed by atoms with E-state index in [4.69, 9.17) is 0 Å². The topological polar surface area (TPSA) is 49.4 Å². The van der Waals surface area contributed by atoms with Crippen molar-refractivity contribution >= 4 is 9.84 Å². The van der Waals surface area contributed by atoms with Crippen LogP contribution in [0.2, 0.25) is 0 Å². The third-order valence-corrected chi connectivity index (χ3v) is 5.45. The van der Waals surface area contributed by atoms with E-state index < -0.39 is 9.84 Å². The fourth-order valence-electron chi connectivity index (χ4n) is 2.39. The second-order valence-electron chi connectivity index (χ2n) is 5.31. The molecule has 1 N–H and O–H groups in total. The van der Waals surface area contributed by atoms with Crippen LogP contribution in [0.3, 0.4) is 0 Å². The molecule has 0 aromatic heterocycles. The van der Waals surface area contributed by atoms with E-state index in [1.165, 1.54) is 38.8 Å². The molecule has 0 amide bonds. The van der Waals surface area contributed by atoms with Crippen LogP contribution in [-0.4, -0.2) is 57.0 Å². The summed E-state index contributed by atoms with van der Waals surface area (Å²) in [5.41, 5.74) is 0. The maximum absolute atomic E-state index is 11.5. The molecule has 108 valence electrons. The van der Waals surface area contributed by atoms with Gasteiger partial charge in [-0.2, -0.15) is 0 Å². The van der Waals surface area contributed by atoms with E-state index in [0.29, 0.717) is 0 Å². The molecule has 0 radical (unpaired) electrons. The minimum atomic E-state index is -2.86. The Hall–Kier alpha value is -0.130. The summed E-state index contributed by atoms with van der Waals surface area (Å²) < 4.78 is 22.9. The maximum Gasteiger partial charge on any atom is 0.151 e. The molecule has 0 aliphatic carbocycles. The molecule has 1 heterocycles. The average molecular weight is 276 g/mol. The standard InChI is InChI=1S/C13H28N2O2S/c1-3-18(16,17)12-13(2)14-8-11-15-9-6-4-5-7-10-15/h13-14H,3-12H2,1-2H3. The van der Waals surface area contributed by atoms with Crippen LogP contribution < -0.4 is 5.32 Å². The predicted octanol–water partition coefficient (Wildman–Crippen LogP) is 1.28. The number of hydrogen-bond donors (Lipinski definition) is 1. The number of hydrogen-bond acceptors (Lipinski definition) is 4. The molecule has 1 atom stereocenters. The van der Waals surface area contributed by atoms with Crippen LogP contribution in [0.1, 0.15) is 39.5 Å². The minimum Gasteiger partial charge on any atom is -0.312 e. The summed E-state index contributed by atoms with van der Waals surface area (Å²) in [5.74, 6) is 0.495. The van der Waals surface area contributed by atoms with E-state index in [1.807, 2.05) is 6.92 Å². The maximum atomic E-state index is 11.5. The van der Waals surface area contributed by atoms with E-state index in [9.17, 15) is 8.42 Å². The molecule has 1 saturated heterocycles. The van der Waals surface area contributed by atoms with Crippen molar-refractivity contribution in [3.63, 3.8) is 0 Å². The Morgan fingerprint density at radius 3 is 2.33 bits per heavy atom. The monoisotopic (exact) mass is 276 g/mol. The van der Waals surface area contributed by atoms with E-state index >= 15 is 0 Å². The molecular weight excluding hydrogens is 248 g/mol. The highest BCUT2D eigenvalue weighted by Gasteiger charge is 2.14. The summed E-state index contributed by atoms with van der Waals surface area (Å²) in [4.78, 5) is 2.49. The van der Waals surface area contributed by atoms with Crippen LogP contribution in [-0.2, 0) is 9.84 Å². The number of sulfone groups is 1. The van der Waals surface area contributed by atoms with Gasteiger partial charge in [-0.25, -0.2) is 8.42 Å². The molecule has 18 heavy (non-hydrogen) atoms. The van der Waals surface area contributed by atoms with Gasteiger partial charge >= 0.3 is 0 Å². The lowest BCUT2D eigenvalue weighted by atomic mass is 10.2. The Kier molecular flexibility index (Phi) is 7.19. The van der Waals surface area contributed by atoms with Gasteiger partial charge in [0, 0.05) is 24.9 Å². The van der Waals surface area contributed by atoms with Gasteiger partial charge in [0.05, 0.1) is 5.75 Å². The van der Waals surface area contributed by atoms with Gasteiger partial charge in [-0.3, -0.25) is 0 Å². The third-order valence-electron chi connectivity index (χ3n) is 3.56. The summed E-state index contributed by atoms with van der Waals surface area (Å²) in [6.45, 7) is 7.98. The Morgan fingerprint density at radius 2 is 1.78 bits per heavy atom. The third kappa shape index (κ3) is 6.71. The van der Waals surface area contributed by atoms with Crippen LogP contribution in [0.15, 0.2) is 0 Å². The molecule has 1 fully saturated rings. The van der Waals surface area contributed by atoms with Crippen LogP contribution in [0, 0.1) is 0 Å². The van der Waals surface area contributed by atoms with Crippen LogP contribution in [0.25, 0.3) is 0 Å². The largest absolute Gasteiger partial charge is 0.312 e. The van der Waals surface area contributed by atoms with Crippen LogP contribution in [0.4, 0.5) is 0 Å². The molecule has 0 spiro atoms. The molecule has 1 unspecified atom stereocenters. The predicted molar refractivity (Wildman–Crippen MR) is 76.7 cm³/mol. The second kappa shape index (κ2) is 8.12. The number of nitrogens with one attached hydrogen (secondary N) is 1. The van der Waals surface area contributed by atoms with Gasteiger partial charge in [-0.05, 0) is 32.9 Å². The smallest absolute Gasteiger partial charge is 0.151 e. The van der Waals surface area contributed by atoms with Gasteiger partial charge in [0.15, 0.2) is 9.84 Å². The van der Waals surface area contributed by atoms with Gasteiger partial charge in [0.1, 0.15) is 0 Å². The number of likely N-dealkylation sites (tertiary alicyclic amines) is 1. The minimum absolute atomic E-state index is 0.0573. The molecule has 1 aliphatic heterocycles. The highest BCUT2D eigenvalue weighted by atomic mass is 32.2. The Morgan fingerprint density at radius 1 is 1.17 bits per heavy atom. The highest BCUT2D eigenvalue weighted by Crippen LogP contribution is 2.08. The van der Waals surface area contributed by atoms with Gasteiger partial charge in [0.25, 0.3) is 0 Å². The highest BCUT2D eigenvalue weighted by molar-refractivity contribution is 7.91. The molecule has 1 aliphatic rings. The van der Waals surface area contributed by atoms with Crippen molar-refractivity contribution in [3.8, 4) is 0 Å². The van der Waals surface area contributed by atoms with E-state index in [0.717, 1.165) is 13.1 Å². The Balaban J connectivity index is 2.16. The van der Waals surface area contributed by atoms with Crippen LogP contribution in [0.5, 0.6) is 0 Å². The Labute approximate surface area is 112 Å². The van der Waals surface area contributed by atoms with Crippen molar-refractivity contribution in [2.75, 3.05) is 37.7 Å². The zero-order valence-corrected chi connectivity index (χ0v) is 12.6. The quantitative estimate of drug-likeness (QED) is 0.761. The van der Waals surface area contributed by atoms with Gasteiger partial charge in [-0.1, -0.05) is 19.8 Å². The van der Waals surface area contributed by atoms with Crippen molar-refractivity contribution in [1.82, 2.24) is 10.2 Å². The zero-order valence-electron chi connectivity index (χ0n) is 11.8. The molecule has 0 aromatic carbocycles. The van der Waals surface area contributed by atoms with Crippen molar-refractivity contribution in [1.29, 1.82) is 0 Å². The van der Waals surface area contributed by atoms with E-state index in [-0.39, 0.29) is 17.5 Å². The van der Waals surface area contributed by atoms with Crippen molar-refractivity contribution in [3.05, 3.63) is 0 Å². The fraction of sp³-hybridized carbons (Fsp3) is 1.00. The van der Waals surface area contributed by atoms with Gasteiger partial charge in [0.2, 0.25) is 0 Å². The first-order valence-corrected chi connectivity index (χ1v) is 9.02. The first-order chi connectivity index (χ1) is 8.53. The average Bonchev–Trinajstić information content (AvgIpc) is 2.57. The lowest BCUT2D eigenvalue weighted by molar-refractivity contribution is 0.281. The molecule has 0 bridgehead atoms. The molecule has 0 aromatic rings. The molecule has 4 nitrogen and oxygen atoms in total. The second-order valence-corrected chi connectivity index (χ2v) is 7.71. The lowest BCUT2D eigenvalue weighted by Gasteiger charge is -2.21. The van der Waals surface area contributed by atoms with Crippen LogP contribution >= 0.6 is 0 Å². The van der Waals surface area contributed by atoms with Crippen molar-refractivity contribution in [2.24, 2.45) is 0 Å². The summed E-state index contributed by atoms with van der Waals surface area (Å²) in [6.07, 6.45) is 5.32. The Bertz CT molecular complexity index is 309. The lowest BCUT2D eigenvalue weighted by Crippen LogP contribution is -2.39. The first-order valence-electron chi connectivity index (χ1n) is 7.19. The summed E-state index contributed by atoms with van der Waals surface area (Å²) >= 11 is 0. The van der Waals surface area contributed by atoms with Crippen molar-refractivity contribution in [2.45, 2.75) is 45.6 Å². The zero-order chi connectivity index (χ0) is 13.4. The molecule has 1 rings (SSSR count). The van der Waals surface area contributed by atoms with E-state index in [2.05, 4.69) is 10.2 Å². The number of rotatable bonds is 7. The summed E-state index contributed by atoms with van der Waals surface area (Å²) in [7, 11) is -2.86. The summed E-state index contributed by atoms with van der Waals surface area (Å²) in [6, 6.07) is 0.0573. The fourth-order valence-corrected chi connectivity index (χ4v) is 3.50. The van der Waals surface area contributed by atoms with E-state index in [1.54, 1.807) is 6.92 Å². The van der Waals surface area contributed by atoms with Crippen molar-refractivity contribution < 1.29 is 8.42 Å². The summed E-state index contributed by atoms with van der Waals surface area (Å²) in [5, 5.41) is 3.32. The SMILES string of the molecule is CCS(=O)(=O)CC(C)NCCN1CCCCCC1. The molecule has 5 heteroatoms. The van der Waals surface area contributed by atoms with Gasteiger partial charge in [-0.15, -0.1) is 0 Å². The van der Waals surface area contributed by atoms with Gasteiger partial charge < -0.3 is 10.2 Å².